The van der Waals surface area contributed by atoms with E-state index in [1.54, 1.807) is 21.6 Å². The van der Waals surface area contributed by atoms with Gasteiger partial charge < -0.3 is 9.80 Å². The van der Waals surface area contributed by atoms with E-state index in [-0.39, 0.29) is 5.54 Å². The molecule has 0 saturated heterocycles. The first-order chi connectivity index (χ1) is 7.20. The van der Waals surface area contributed by atoms with Crippen molar-refractivity contribution in [1.82, 2.24) is 9.80 Å². The molecule has 0 unspecified atom stereocenters. The van der Waals surface area contributed by atoms with Crippen LogP contribution < -0.4 is 0 Å². The summed E-state index contributed by atoms with van der Waals surface area (Å²) in [5.41, 5.74) is 0.0686. The zero-order valence-corrected chi connectivity index (χ0v) is 14.0. The molecule has 0 aliphatic carbocycles. The first-order valence-corrected chi connectivity index (χ1v) is 8.04. The van der Waals surface area contributed by atoms with E-state index >= 15 is 0 Å². The molecule has 0 heterocycles. The number of hydrogen-bond donors (Lipinski definition) is 0. The summed E-state index contributed by atoms with van der Waals surface area (Å²) in [5.74, 6) is 0. The summed E-state index contributed by atoms with van der Waals surface area (Å²) < 4.78 is 1.74. The van der Waals surface area contributed by atoms with Crippen LogP contribution in [0.5, 0.6) is 0 Å². The van der Waals surface area contributed by atoms with Crippen LogP contribution in [0.3, 0.4) is 0 Å². The second kappa shape index (κ2) is 7.03. The van der Waals surface area contributed by atoms with Gasteiger partial charge in [-0.1, -0.05) is 24.4 Å². The van der Waals surface area contributed by atoms with Crippen LogP contribution in [0.25, 0.3) is 0 Å². The molecule has 0 aromatic rings. The summed E-state index contributed by atoms with van der Waals surface area (Å²) in [6.45, 7) is 9.53. The summed E-state index contributed by atoms with van der Waals surface area (Å²) in [5, 5.41) is 0. The van der Waals surface area contributed by atoms with E-state index in [1.165, 1.54) is 0 Å². The Hall–Kier alpha value is 0.480. The fourth-order valence-corrected chi connectivity index (χ4v) is 4.01. The quantitative estimate of drug-likeness (QED) is 0.535. The highest BCUT2D eigenvalue weighted by atomic mass is 33.1. The van der Waals surface area contributed by atoms with Crippen LogP contribution in [0.2, 0.25) is 0 Å². The fourth-order valence-electron chi connectivity index (χ4n) is 1.07. The fraction of sp³-hybridized carbons (Fsp3) is 0.800. The van der Waals surface area contributed by atoms with Crippen molar-refractivity contribution < 1.29 is 0 Å². The molecular formula is C10H20N2S4. The van der Waals surface area contributed by atoms with Gasteiger partial charge in [-0.05, 0) is 49.3 Å². The molecule has 0 rings (SSSR count). The van der Waals surface area contributed by atoms with E-state index in [0.29, 0.717) is 0 Å². The van der Waals surface area contributed by atoms with E-state index in [4.69, 9.17) is 24.4 Å². The van der Waals surface area contributed by atoms with E-state index in [9.17, 15) is 0 Å². The molecule has 0 atom stereocenters. The second-order valence-corrected chi connectivity index (χ2v) is 7.90. The van der Waals surface area contributed by atoms with Crippen molar-refractivity contribution in [2.45, 2.75) is 33.2 Å². The van der Waals surface area contributed by atoms with Crippen molar-refractivity contribution >= 4 is 54.7 Å². The lowest BCUT2D eigenvalue weighted by Gasteiger charge is -2.36. The van der Waals surface area contributed by atoms with Crippen LogP contribution in [0.15, 0.2) is 0 Å². The van der Waals surface area contributed by atoms with Gasteiger partial charge >= 0.3 is 0 Å². The maximum absolute atomic E-state index is 5.42. The van der Waals surface area contributed by atoms with E-state index in [0.717, 1.165) is 15.2 Å². The molecule has 0 fully saturated rings. The zero-order chi connectivity index (χ0) is 12.9. The van der Waals surface area contributed by atoms with Crippen LogP contribution in [-0.4, -0.2) is 44.6 Å². The van der Waals surface area contributed by atoms with E-state index in [1.807, 2.05) is 19.0 Å². The summed E-state index contributed by atoms with van der Waals surface area (Å²) in [4.78, 5) is 4.13. The Bertz CT molecular complexity index is 258. The molecule has 0 radical (unpaired) electrons. The molecule has 0 aromatic carbocycles. The molecule has 0 saturated carbocycles. The van der Waals surface area contributed by atoms with Crippen LogP contribution >= 0.6 is 46.0 Å². The highest BCUT2D eigenvalue weighted by Gasteiger charge is 2.22. The van der Waals surface area contributed by atoms with Crippen LogP contribution in [-0.2, 0) is 0 Å². The lowest BCUT2D eigenvalue weighted by Crippen LogP contribution is -2.43. The van der Waals surface area contributed by atoms with Crippen molar-refractivity contribution in [1.29, 1.82) is 0 Å². The largest absolute Gasteiger partial charge is 0.363 e. The van der Waals surface area contributed by atoms with Crippen molar-refractivity contribution in [3.63, 3.8) is 0 Å². The van der Waals surface area contributed by atoms with E-state index < -0.39 is 0 Å². The topological polar surface area (TPSA) is 6.48 Å². The van der Waals surface area contributed by atoms with E-state index in [2.05, 4.69) is 32.6 Å². The number of rotatable bonds is 1. The molecule has 0 bridgehead atoms. The molecule has 2 nitrogen and oxygen atoms in total. The average molecular weight is 297 g/mol. The highest BCUT2D eigenvalue weighted by molar-refractivity contribution is 8.89. The van der Waals surface area contributed by atoms with Crippen molar-refractivity contribution in [3.8, 4) is 0 Å². The highest BCUT2D eigenvalue weighted by Crippen LogP contribution is 2.30. The molecule has 0 aliphatic heterocycles. The monoisotopic (exact) mass is 296 g/mol. The van der Waals surface area contributed by atoms with Crippen LogP contribution in [0.4, 0.5) is 0 Å². The Balaban J connectivity index is 4.30. The maximum atomic E-state index is 5.42. The zero-order valence-electron chi connectivity index (χ0n) is 10.7. The Morgan fingerprint density at radius 1 is 1.06 bits per heavy atom. The van der Waals surface area contributed by atoms with Gasteiger partial charge in [-0.15, -0.1) is 0 Å². The van der Waals surface area contributed by atoms with Gasteiger partial charge in [0.1, 0.15) is 8.64 Å². The van der Waals surface area contributed by atoms with Gasteiger partial charge in [0.05, 0.1) is 0 Å². The Morgan fingerprint density at radius 2 is 1.50 bits per heavy atom. The second-order valence-electron chi connectivity index (χ2n) is 4.51. The molecule has 94 valence electrons. The molecule has 0 N–H and O–H groups in total. The van der Waals surface area contributed by atoms with Gasteiger partial charge in [-0.2, -0.15) is 0 Å². The van der Waals surface area contributed by atoms with Gasteiger partial charge in [0, 0.05) is 26.2 Å². The van der Waals surface area contributed by atoms with Gasteiger partial charge in [-0.3, -0.25) is 0 Å². The lowest BCUT2D eigenvalue weighted by atomic mass is 10.1. The lowest BCUT2D eigenvalue weighted by molar-refractivity contribution is 0.257. The molecule has 0 aliphatic rings. The Morgan fingerprint density at radius 3 is 1.81 bits per heavy atom. The summed E-state index contributed by atoms with van der Waals surface area (Å²) >= 11 is 10.6. The number of hydrogen-bond acceptors (Lipinski definition) is 4. The third kappa shape index (κ3) is 5.70. The first kappa shape index (κ1) is 16.5. The Labute approximate surface area is 118 Å². The van der Waals surface area contributed by atoms with Gasteiger partial charge in [0.2, 0.25) is 0 Å². The average Bonchev–Trinajstić information content (AvgIpc) is 2.12. The normalized spacial score (nSPS) is 11.1. The minimum atomic E-state index is 0.0686. The van der Waals surface area contributed by atoms with Crippen molar-refractivity contribution in [3.05, 3.63) is 0 Å². The SMILES string of the molecule is CCN(C(=S)SSC(=S)N(C)C)C(C)(C)C. The molecule has 6 heteroatoms. The minimum Gasteiger partial charge on any atom is -0.363 e. The number of thiocarbonyl (C=S) groups is 2. The molecule has 0 spiro atoms. The third-order valence-corrected chi connectivity index (χ3v) is 5.77. The van der Waals surface area contributed by atoms with Crippen LogP contribution in [0, 0.1) is 0 Å². The third-order valence-electron chi connectivity index (χ3n) is 1.90. The smallest absolute Gasteiger partial charge is 0.147 e. The molecule has 0 amide bonds. The Kier molecular flexibility index (Phi) is 7.25. The van der Waals surface area contributed by atoms with Gasteiger partial charge in [0.25, 0.3) is 0 Å². The minimum absolute atomic E-state index is 0.0686. The first-order valence-electron chi connectivity index (χ1n) is 5.07. The predicted octanol–water partition coefficient (Wildman–Crippen LogP) is 3.62. The molecule has 16 heavy (non-hydrogen) atoms. The maximum Gasteiger partial charge on any atom is 0.147 e. The van der Waals surface area contributed by atoms with Crippen molar-refractivity contribution in [2.24, 2.45) is 0 Å². The summed E-state index contributed by atoms with van der Waals surface area (Å²) in [6.07, 6.45) is 0. The standard InChI is InChI=1S/C10H20N2S4/c1-7-12(10(2,3)4)9(14)16-15-8(13)11(5)6/h7H2,1-6H3. The summed E-state index contributed by atoms with van der Waals surface area (Å²) in [6, 6.07) is 0. The summed E-state index contributed by atoms with van der Waals surface area (Å²) in [7, 11) is 7.00. The van der Waals surface area contributed by atoms with Gasteiger partial charge in [-0.25, -0.2) is 0 Å². The molecular weight excluding hydrogens is 276 g/mol. The number of nitrogens with zero attached hydrogens (tertiary/aromatic N) is 2. The van der Waals surface area contributed by atoms with Crippen molar-refractivity contribution in [2.75, 3.05) is 20.6 Å². The van der Waals surface area contributed by atoms with Gasteiger partial charge in [0.15, 0.2) is 0 Å². The molecule has 0 aromatic heterocycles. The predicted molar refractivity (Wildman–Crippen MR) is 86.2 cm³/mol. The van der Waals surface area contributed by atoms with Crippen LogP contribution in [0.1, 0.15) is 27.7 Å².